The van der Waals surface area contributed by atoms with E-state index in [1.807, 2.05) is 12.1 Å². The molecule has 6 nitrogen and oxygen atoms in total. The molecule has 0 radical (unpaired) electrons. The number of nitrogens with zero attached hydrogens (tertiary/aromatic N) is 1. The molecule has 1 aromatic carbocycles. The van der Waals surface area contributed by atoms with E-state index in [2.05, 4.69) is 5.32 Å². The topological polar surface area (TPSA) is 86.7 Å². The Hall–Kier alpha value is -2.02. The Bertz CT molecular complexity index is 599. The molecule has 1 aromatic rings. The summed E-state index contributed by atoms with van der Waals surface area (Å²) in [4.78, 5) is 36.7. The summed E-state index contributed by atoms with van der Waals surface area (Å²) < 4.78 is 0. The summed E-state index contributed by atoms with van der Waals surface area (Å²) >= 11 is 1.34. The number of carboxylic acids is 1. The van der Waals surface area contributed by atoms with Crippen LogP contribution in [-0.2, 0) is 14.4 Å². The van der Waals surface area contributed by atoms with Gasteiger partial charge in [0.2, 0.25) is 11.8 Å². The average Bonchev–Trinajstić information content (AvgIpc) is 2.46. The maximum Gasteiger partial charge on any atom is 0.329 e. The molecule has 0 heterocycles. The van der Waals surface area contributed by atoms with Crippen molar-refractivity contribution >= 4 is 35.2 Å². The van der Waals surface area contributed by atoms with Crippen LogP contribution in [0.1, 0.15) is 27.7 Å². The summed E-state index contributed by atoms with van der Waals surface area (Å²) in [7, 11) is 1.49. The molecule has 0 fully saturated rings. The minimum atomic E-state index is -1.26. The quantitative estimate of drug-likeness (QED) is 0.778. The summed E-state index contributed by atoms with van der Waals surface area (Å²) in [6.07, 6.45) is 0. The summed E-state index contributed by atoms with van der Waals surface area (Å²) in [5, 5.41) is 11.4. The van der Waals surface area contributed by atoms with E-state index in [0.717, 1.165) is 4.90 Å². The number of hydrogen-bond acceptors (Lipinski definition) is 4. The van der Waals surface area contributed by atoms with Gasteiger partial charge in [-0.1, -0.05) is 0 Å². The van der Waals surface area contributed by atoms with Gasteiger partial charge in [-0.25, -0.2) is 4.79 Å². The maximum absolute atomic E-state index is 12.4. The Morgan fingerprint density at radius 1 is 1.22 bits per heavy atom. The summed E-state index contributed by atoms with van der Waals surface area (Å²) in [5.41, 5.74) is -0.578. The molecule has 0 bridgehead atoms. The van der Waals surface area contributed by atoms with Crippen molar-refractivity contribution in [2.75, 3.05) is 12.4 Å². The van der Waals surface area contributed by atoms with E-state index in [1.165, 1.54) is 44.5 Å². The molecule has 0 saturated heterocycles. The van der Waals surface area contributed by atoms with Crippen LogP contribution < -0.4 is 5.32 Å². The van der Waals surface area contributed by atoms with Crippen molar-refractivity contribution in [2.24, 2.45) is 0 Å². The van der Waals surface area contributed by atoms with Crippen molar-refractivity contribution in [3.8, 4) is 0 Å². The largest absolute Gasteiger partial charge is 0.480 e. The zero-order valence-electron chi connectivity index (χ0n) is 13.9. The molecule has 0 aliphatic carbocycles. The SMILES string of the molecule is CC(=O)Nc1ccc(SC(C)C(=O)N(C)C(C)(C)C(=O)O)cc1. The highest BCUT2D eigenvalue weighted by Crippen LogP contribution is 2.27. The van der Waals surface area contributed by atoms with Crippen LogP contribution in [0.4, 0.5) is 5.69 Å². The number of nitrogens with one attached hydrogen (secondary N) is 1. The monoisotopic (exact) mass is 338 g/mol. The Labute approximate surface area is 140 Å². The number of aliphatic carboxylic acids is 1. The van der Waals surface area contributed by atoms with E-state index in [0.29, 0.717) is 5.69 Å². The lowest BCUT2D eigenvalue weighted by atomic mass is 10.0. The Kier molecular flexibility index (Phi) is 6.20. The standard InChI is InChI=1S/C16H22N2O4S/c1-10(14(20)18(5)16(3,4)15(21)22)23-13-8-6-12(7-9-13)17-11(2)19/h6-10H,1-5H3,(H,17,19)(H,21,22). The van der Waals surface area contributed by atoms with E-state index in [1.54, 1.807) is 19.1 Å². The van der Waals surface area contributed by atoms with Crippen LogP contribution in [0.25, 0.3) is 0 Å². The highest BCUT2D eigenvalue weighted by atomic mass is 32.2. The van der Waals surface area contributed by atoms with Gasteiger partial charge in [-0.3, -0.25) is 9.59 Å². The number of hydrogen-bond donors (Lipinski definition) is 2. The fraction of sp³-hybridized carbons (Fsp3) is 0.438. The third kappa shape index (κ3) is 4.99. The number of carbonyl (C=O) groups excluding carboxylic acids is 2. The predicted octanol–water partition coefficient (Wildman–Crippen LogP) is 2.45. The highest BCUT2D eigenvalue weighted by Gasteiger charge is 2.36. The van der Waals surface area contributed by atoms with Gasteiger partial charge in [0, 0.05) is 24.6 Å². The molecular formula is C16H22N2O4S. The van der Waals surface area contributed by atoms with Gasteiger partial charge in [0.25, 0.3) is 0 Å². The molecule has 7 heteroatoms. The lowest BCUT2D eigenvalue weighted by Crippen LogP contribution is -2.52. The molecule has 0 aliphatic heterocycles. The normalized spacial score (nSPS) is 12.4. The molecular weight excluding hydrogens is 316 g/mol. The van der Waals surface area contributed by atoms with Gasteiger partial charge in [0.1, 0.15) is 5.54 Å². The first kappa shape index (κ1) is 19.0. The maximum atomic E-state index is 12.4. The summed E-state index contributed by atoms with van der Waals surface area (Å²) in [6, 6.07) is 7.13. The Morgan fingerprint density at radius 3 is 2.17 bits per heavy atom. The third-order valence-corrected chi connectivity index (χ3v) is 4.63. The van der Waals surface area contributed by atoms with Gasteiger partial charge in [0.15, 0.2) is 0 Å². The minimum absolute atomic E-state index is 0.147. The number of carboxylic acid groups (broad SMARTS) is 1. The number of carbonyl (C=O) groups is 3. The van der Waals surface area contributed by atoms with Crippen molar-refractivity contribution in [3.05, 3.63) is 24.3 Å². The fourth-order valence-corrected chi connectivity index (χ4v) is 2.73. The molecule has 126 valence electrons. The first-order chi connectivity index (χ1) is 10.6. The highest BCUT2D eigenvalue weighted by molar-refractivity contribution is 8.00. The lowest BCUT2D eigenvalue weighted by molar-refractivity contribution is -0.155. The molecule has 2 amide bonds. The van der Waals surface area contributed by atoms with Crippen molar-refractivity contribution < 1.29 is 19.5 Å². The summed E-state index contributed by atoms with van der Waals surface area (Å²) in [6.45, 7) is 6.16. The Balaban J connectivity index is 2.75. The molecule has 1 rings (SSSR count). The van der Waals surface area contributed by atoms with Crippen molar-refractivity contribution in [2.45, 2.75) is 43.4 Å². The number of benzene rings is 1. The second kappa shape index (κ2) is 7.50. The number of anilines is 1. The summed E-state index contributed by atoms with van der Waals surface area (Å²) in [5.74, 6) is -1.45. The van der Waals surface area contributed by atoms with E-state index in [-0.39, 0.29) is 11.8 Å². The molecule has 0 aromatic heterocycles. The zero-order valence-corrected chi connectivity index (χ0v) is 14.7. The Morgan fingerprint density at radius 2 is 1.74 bits per heavy atom. The van der Waals surface area contributed by atoms with Gasteiger partial charge in [-0.05, 0) is 45.0 Å². The first-order valence-electron chi connectivity index (χ1n) is 7.11. The van der Waals surface area contributed by atoms with E-state index in [4.69, 9.17) is 0 Å². The average molecular weight is 338 g/mol. The van der Waals surface area contributed by atoms with Crippen LogP contribution in [0.5, 0.6) is 0 Å². The van der Waals surface area contributed by atoms with E-state index < -0.39 is 16.8 Å². The number of amides is 2. The van der Waals surface area contributed by atoms with Gasteiger partial charge >= 0.3 is 5.97 Å². The van der Waals surface area contributed by atoms with Crippen LogP contribution >= 0.6 is 11.8 Å². The van der Waals surface area contributed by atoms with Crippen LogP contribution in [-0.4, -0.2) is 45.6 Å². The van der Waals surface area contributed by atoms with Crippen LogP contribution in [0.3, 0.4) is 0 Å². The van der Waals surface area contributed by atoms with E-state index in [9.17, 15) is 19.5 Å². The smallest absolute Gasteiger partial charge is 0.329 e. The van der Waals surface area contributed by atoms with Gasteiger partial charge in [-0.15, -0.1) is 11.8 Å². The first-order valence-corrected chi connectivity index (χ1v) is 7.99. The molecule has 1 atom stereocenters. The van der Waals surface area contributed by atoms with Crippen molar-refractivity contribution in [3.63, 3.8) is 0 Å². The number of likely N-dealkylation sites (N-methyl/N-ethyl adjacent to an activating group) is 1. The molecule has 0 aliphatic rings. The van der Waals surface area contributed by atoms with Gasteiger partial charge in [-0.2, -0.15) is 0 Å². The molecule has 23 heavy (non-hydrogen) atoms. The fourth-order valence-electron chi connectivity index (χ4n) is 1.77. The van der Waals surface area contributed by atoms with Gasteiger partial charge < -0.3 is 15.3 Å². The van der Waals surface area contributed by atoms with E-state index >= 15 is 0 Å². The van der Waals surface area contributed by atoms with Gasteiger partial charge in [0.05, 0.1) is 5.25 Å². The molecule has 0 saturated carbocycles. The number of thioether (sulfide) groups is 1. The van der Waals surface area contributed by atoms with Crippen LogP contribution in [0.15, 0.2) is 29.2 Å². The molecule has 2 N–H and O–H groups in total. The second-order valence-electron chi connectivity index (χ2n) is 5.73. The predicted molar refractivity (Wildman–Crippen MR) is 90.5 cm³/mol. The second-order valence-corrected chi connectivity index (χ2v) is 7.14. The lowest BCUT2D eigenvalue weighted by Gasteiger charge is -2.33. The van der Waals surface area contributed by atoms with Crippen LogP contribution in [0, 0.1) is 0 Å². The zero-order chi connectivity index (χ0) is 17.8. The minimum Gasteiger partial charge on any atom is -0.480 e. The van der Waals surface area contributed by atoms with Crippen LogP contribution in [0.2, 0.25) is 0 Å². The van der Waals surface area contributed by atoms with Crippen molar-refractivity contribution in [1.29, 1.82) is 0 Å². The number of rotatable bonds is 6. The third-order valence-electron chi connectivity index (χ3n) is 3.53. The molecule has 1 unspecified atom stereocenters. The molecule has 0 spiro atoms. The van der Waals surface area contributed by atoms with Crippen molar-refractivity contribution in [1.82, 2.24) is 4.90 Å².